The first-order valence-electron chi connectivity index (χ1n) is 6.17. The van der Waals surface area contributed by atoms with Crippen LogP contribution < -0.4 is 4.90 Å². The minimum absolute atomic E-state index is 0.0128. The van der Waals surface area contributed by atoms with Crippen LogP contribution in [0.15, 0.2) is 10.7 Å². The van der Waals surface area contributed by atoms with E-state index in [1.807, 2.05) is 13.0 Å². The van der Waals surface area contributed by atoms with Gasteiger partial charge in [0.15, 0.2) is 0 Å². The largest absolute Gasteiger partial charge is 0.355 e. The van der Waals surface area contributed by atoms with E-state index < -0.39 is 0 Å². The molecular formula is C13H19BrN4. The number of hydrogen-bond acceptors (Lipinski definition) is 4. The van der Waals surface area contributed by atoms with Crippen molar-refractivity contribution in [2.45, 2.75) is 33.6 Å². The van der Waals surface area contributed by atoms with Crippen LogP contribution in [0.1, 0.15) is 39.4 Å². The number of nitrogens with zero attached hydrogens (tertiary/aromatic N) is 4. The first-order chi connectivity index (χ1) is 8.47. The van der Waals surface area contributed by atoms with E-state index in [1.54, 1.807) is 0 Å². The van der Waals surface area contributed by atoms with E-state index in [1.165, 1.54) is 0 Å². The fraction of sp³-hybridized carbons (Fsp3) is 0.615. The Balaban J connectivity index is 3.02. The van der Waals surface area contributed by atoms with Gasteiger partial charge in [-0.1, -0.05) is 13.8 Å². The van der Waals surface area contributed by atoms with Crippen molar-refractivity contribution in [2.24, 2.45) is 5.92 Å². The molecule has 1 atom stereocenters. The number of hydrogen-bond donors (Lipinski definition) is 0. The van der Waals surface area contributed by atoms with Crippen LogP contribution in [0.5, 0.6) is 0 Å². The average molecular weight is 311 g/mol. The van der Waals surface area contributed by atoms with E-state index in [0.717, 1.165) is 22.8 Å². The Labute approximate surface area is 117 Å². The Morgan fingerprint density at radius 3 is 2.56 bits per heavy atom. The summed E-state index contributed by atoms with van der Waals surface area (Å²) in [6.45, 7) is 9.64. The molecule has 0 saturated heterocycles. The molecule has 0 aromatic carbocycles. The molecule has 0 fully saturated rings. The predicted molar refractivity (Wildman–Crippen MR) is 76.5 cm³/mol. The SMILES string of the molecule is CCN(CC(C)C#N)c1cc(Br)nc(C(C)C)n1. The van der Waals surface area contributed by atoms with Crippen LogP contribution >= 0.6 is 15.9 Å². The van der Waals surface area contributed by atoms with Crippen molar-refractivity contribution in [1.29, 1.82) is 5.26 Å². The first kappa shape index (κ1) is 14.9. The van der Waals surface area contributed by atoms with Crippen LogP contribution in [0.4, 0.5) is 5.82 Å². The van der Waals surface area contributed by atoms with Crippen molar-refractivity contribution in [3.8, 4) is 6.07 Å². The lowest BCUT2D eigenvalue weighted by Gasteiger charge is -2.23. The van der Waals surface area contributed by atoms with Gasteiger partial charge in [-0.3, -0.25) is 0 Å². The van der Waals surface area contributed by atoms with Crippen molar-refractivity contribution in [3.05, 3.63) is 16.5 Å². The number of anilines is 1. The average Bonchev–Trinajstić information content (AvgIpc) is 2.34. The van der Waals surface area contributed by atoms with E-state index in [-0.39, 0.29) is 11.8 Å². The third-order valence-corrected chi connectivity index (χ3v) is 3.04. The van der Waals surface area contributed by atoms with Crippen LogP contribution in [-0.2, 0) is 0 Å². The first-order valence-corrected chi connectivity index (χ1v) is 6.96. The molecule has 1 unspecified atom stereocenters. The van der Waals surface area contributed by atoms with Crippen LogP contribution in [0.25, 0.3) is 0 Å². The molecule has 0 bridgehead atoms. The number of halogens is 1. The van der Waals surface area contributed by atoms with E-state index in [4.69, 9.17) is 5.26 Å². The number of nitriles is 1. The van der Waals surface area contributed by atoms with Crippen LogP contribution in [0.3, 0.4) is 0 Å². The van der Waals surface area contributed by atoms with E-state index in [9.17, 15) is 0 Å². The highest BCUT2D eigenvalue weighted by molar-refractivity contribution is 9.10. The molecule has 0 aliphatic rings. The summed E-state index contributed by atoms with van der Waals surface area (Å²) in [5.74, 6) is 1.97. The molecule has 0 amide bonds. The van der Waals surface area contributed by atoms with Gasteiger partial charge < -0.3 is 4.90 Å². The van der Waals surface area contributed by atoms with Crippen LogP contribution in [0, 0.1) is 17.2 Å². The molecule has 0 aliphatic heterocycles. The molecule has 0 N–H and O–H groups in total. The normalized spacial score (nSPS) is 12.3. The molecule has 1 aromatic rings. The fourth-order valence-electron chi connectivity index (χ4n) is 1.60. The van der Waals surface area contributed by atoms with Gasteiger partial charge in [-0.25, -0.2) is 9.97 Å². The Bertz CT molecular complexity index is 439. The molecule has 18 heavy (non-hydrogen) atoms. The molecule has 1 aromatic heterocycles. The molecule has 98 valence electrons. The lowest BCUT2D eigenvalue weighted by molar-refractivity contribution is 0.670. The van der Waals surface area contributed by atoms with Gasteiger partial charge in [0.05, 0.1) is 12.0 Å². The molecule has 5 heteroatoms. The monoisotopic (exact) mass is 310 g/mol. The van der Waals surface area contributed by atoms with E-state index >= 15 is 0 Å². The fourth-order valence-corrected chi connectivity index (χ4v) is 1.99. The molecule has 0 spiro atoms. The van der Waals surface area contributed by atoms with Crippen LogP contribution in [-0.4, -0.2) is 23.1 Å². The van der Waals surface area contributed by atoms with Gasteiger partial charge in [0.25, 0.3) is 0 Å². The van der Waals surface area contributed by atoms with Crippen molar-refractivity contribution >= 4 is 21.7 Å². The second-order valence-electron chi connectivity index (χ2n) is 4.63. The highest BCUT2D eigenvalue weighted by Crippen LogP contribution is 2.21. The van der Waals surface area contributed by atoms with Crippen molar-refractivity contribution in [1.82, 2.24) is 9.97 Å². The van der Waals surface area contributed by atoms with E-state index in [0.29, 0.717) is 6.54 Å². The summed E-state index contributed by atoms with van der Waals surface area (Å²) >= 11 is 3.42. The number of rotatable bonds is 5. The Morgan fingerprint density at radius 2 is 2.06 bits per heavy atom. The maximum absolute atomic E-state index is 8.90. The topological polar surface area (TPSA) is 52.8 Å². The standard InChI is InChI=1S/C13H19BrN4/c1-5-18(8-10(4)7-15)12-6-11(14)16-13(17-12)9(2)3/h6,9-10H,5,8H2,1-4H3. The lowest BCUT2D eigenvalue weighted by atomic mass is 10.2. The molecule has 1 rings (SSSR count). The van der Waals surface area contributed by atoms with Gasteiger partial charge in [-0.15, -0.1) is 0 Å². The molecular weight excluding hydrogens is 292 g/mol. The quantitative estimate of drug-likeness (QED) is 0.783. The summed E-state index contributed by atoms with van der Waals surface area (Å²) in [5, 5.41) is 8.90. The third-order valence-electron chi connectivity index (χ3n) is 2.64. The zero-order chi connectivity index (χ0) is 13.7. The number of aromatic nitrogens is 2. The van der Waals surface area contributed by atoms with E-state index in [2.05, 4.69) is 57.6 Å². The minimum Gasteiger partial charge on any atom is -0.355 e. The molecule has 0 aliphatic carbocycles. The van der Waals surface area contributed by atoms with Crippen molar-refractivity contribution in [3.63, 3.8) is 0 Å². The van der Waals surface area contributed by atoms with Crippen molar-refractivity contribution < 1.29 is 0 Å². The van der Waals surface area contributed by atoms with Gasteiger partial charge in [0.2, 0.25) is 0 Å². The minimum atomic E-state index is -0.0128. The Hall–Kier alpha value is -1.15. The van der Waals surface area contributed by atoms with Gasteiger partial charge >= 0.3 is 0 Å². The zero-order valence-corrected chi connectivity index (χ0v) is 12.9. The second kappa shape index (κ2) is 6.69. The Kier molecular flexibility index (Phi) is 5.54. The zero-order valence-electron chi connectivity index (χ0n) is 11.3. The maximum atomic E-state index is 8.90. The van der Waals surface area contributed by atoms with Gasteiger partial charge in [0.1, 0.15) is 16.2 Å². The predicted octanol–water partition coefficient (Wildman–Crippen LogP) is 3.35. The summed E-state index contributed by atoms with van der Waals surface area (Å²) in [5.41, 5.74) is 0. The molecule has 0 saturated carbocycles. The van der Waals surface area contributed by atoms with Gasteiger partial charge in [-0.05, 0) is 29.8 Å². The summed E-state index contributed by atoms with van der Waals surface area (Å²) in [6, 6.07) is 4.16. The second-order valence-corrected chi connectivity index (χ2v) is 5.44. The highest BCUT2D eigenvalue weighted by Gasteiger charge is 2.13. The summed E-state index contributed by atoms with van der Waals surface area (Å²) in [6.07, 6.45) is 0. The molecule has 4 nitrogen and oxygen atoms in total. The smallest absolute Gasteiger partial charge is 0.134 e. The Morgan fingerprint density at radius 1 is 1.39 bits per heavy atom. The molecule has 0 radical (unpaired) electrons. The van der Waals surface area contributed by atoms with Gasteiger partial charge in [-0.2, -0.15) is 5.26 Å². The van der Waals surface area contributed by atoms with Crippen LogP contribution in [0.2, 0.25) is 0 Å². The third kappa shape index (κ3) is 3.95. The molecule has 1 heterocycles. The summed E-state index contributed by atoms with van der Waals surface area (Å²) in [7, 11) is 0. The summed E-state index contributed by atoms with van der Waals surface area (Å²) < 4.78 is 0.791. The lowest BCUT2D eigenvalue weighted by Crippen LogP contribution is -2.29. The van der Waals surface area contributed by atoms with Crippen molar-refractivity contribution in [2.75, 3.05) is 18.0 Å². The maximum Gasteiger partial charge on any atom is 0.134 e. The highest BCUT2D eigenvalue weighted by atomic mass is 79.9. The summed E-state index contributed by atoms with van der Waals surface area (Å²) in [4.78, 5) is 11.0. The van der Waals surface area contributed by atoms with Gasteiger partial charge in [0, 0.05) is 25.1 Å².